The summed E-state index contributed by atoms with van der Waals surface area (Å²) in [4.78, 5) is 34.6. The Morgan fingerprint density at radius 2 is 1.77 bits per heavy atom. The number of rotatable bonds is 4. The second-order valence-corrected chi connectivity index (χ2v) is 4.14. The van der Waals surface area contributed by atoms with Gasteiger partial charge in [-0.25, -0.2) is 4.39 Å². The number of carbonyl (C=O) groups excluding carboxylic acids is 3. The van der Waals surface area contributed by atoms with Crippen molar-refractivity contribution in [3.8, 4) is 0 Å². The van der Waals surface area contributed by atoms with E-state index < -0.39 is 30.1 Å². The minimum Gasteiger partial charge on any atom is -0.459 e. The molecule has 0 aliphatic rings. The van der Waals surface area contributed by atoms with Crippen LogP contribution in [0.25, 0.3) is 0 Å². The lowest BCUT2D eigenvalue weighted by Gasteiger charge is -2.07. The minimum atomic E-state index is -0.731. The van der Waals surface area contributed by atoms with Crippen LogP contribution >= 0.6 is 0 Å². The molecule has 0 atom stereocenters. The molecule has 0 bridgehead atoms. The van der Waals surface area contributed by atoms with Crippen molar-refractivity contribution < 1.29 is 23.2 Å². The second kappa shape index (κ2) is 7.02. The maximum atomic E-state index is 13.3. The van der Waals surface area contributed by atoms with E-state index in [4.69, 9.17) is 4.42 Å². The first-order chi connectivity index (χ1) is 10.6. The van der Waals surface area contributed by atoms with Crippen LogP contribution in [0.4, 0.5) is 4.39 Å². The molecule has 2 aromatic rings. The van der Waals surface area contributed by atoms with Gasteiger partial charge in [-0.1, -0.05) is 12.1 Å². The monoisotopic (exact) mass is 305 g/mol. The Balaban J connectivity index is 1.77. The molecule has 1 aromatic heterocycles. The van der Waals surface area contributed by atoms with Crippen molar-refractivity contribution in [2.24, 2.45) is 0 Å². The first-order valence-electron chi connectivity index (χ1n) is 6.23. The van der Waals surface area contributed by atoms with E-state index in [1.54, 1.807) is 0 Å². The Morgan fingerprint density at radius 3 is 2.45 bits per heavy atom. The molecule has 0 aliphatic heterocycles. The van der Waals surface area contributed by atoms with E-state index >= 15 is 0 Å². The molecule has 0 fully saturated rings. The lowest BCUT2D eigenvalue weighted by Crippen LogP contribution is -2.46. The number of amides is 3. The van der Waals surface area contributed by atoms with E-state index in [-0.39, 0.29) is 11.3 Å². The standard InChI is InChI=1S/C14H12FN3O4/c15-10-5-2-1-4-9(10)13(20)16-8-12(19)17-18-14(21)11-6-3-7-22-11/h1-7H,8H2,(H,16,20)(H,17,19)(H,18,21). The van der Waals surface area contributed by atoms with Gasteiger partial charge in [0.25, 0.3) is 11.8 Å². The van der Waals surface area contributed by atoms with Crippen LogP contribution in [-0.4, -0.2) is 24.3 Å². The van der Waals surface area contributed by atoms with Gasteiger partial charge in [0, 0.05) is 0 Å². The van der Waals surface area contributed by atoms with E-state index in [1.807, 2.05) is 0 Å². The Morgan fingerprint density at radius 1 is 1.00 bits per heavy atom. The number of nitrogens with one attached hydrogen (secondary N) is 3. The summed E-state index contributed by atoms with van der Waals surface area (Å²) in [5.74, 6) is -2.71. The highest BCUT2D eigenvalue weighted by Crippen LogP contribution is 2.05. The first kappa shape index (κ1) is 15.2. The quantitative estimate of drug-likeness (QED) is 0.720. The highest BCUT2D eigenvalue weighted by molar-refractivity contribution is 5.97. The zero-order chi connectivity index (χ0) is 15.9. The fourth-order valence-electron chi connectivity index (χ4n) is 1.54. The van der Waals surface area contributed by atoms with Gasteiger partial charge in [0.15, 0.2) is 5.76 Å². The number of carbonyl (C=O) groups is 3. The van der Waals surface area contributed by atoms with Crippen LogP contribution in [0.2, 0.25) is 0 Å². The van der Waals surface area contributed by atoms with E-state index in [0.29, 0.717) is 0 Å². The number of hydrazine groups is 1. The van der Waals surface area contributed by atoms with Gasteiger partial charge in [0.2, 0.25) is 0 Å². The summed E-state index contributed by atoms with van der Waals surface area (Å²) in [6.07, 6.45) is 1.31. The SMILES string of the molecule is O=C(CNC(=O)c1ccccc1F)NNC(=O)c1ccco1. The van der Waals surface area contributed by atoms with E-state index in [1.165, 1.54) is 36.6 Å². The van der Waals surface area contributed by atoms with Crippen molar-refractivity contribution in [2.75, 3.05) is 6.54 Å². The molecular weight excluding hydrogens is 293 g/mol. The third-order valence-electron chi connectivity index (χ3n) is 2.59. The summed E-state index contributed by atoms with van der Waals surface area (Å²) >= 11 is 0. The fraction of sp³-hybridized carbons (Fsp3) is 0.0714. The van der Waals surface area contributed by atoms with E-state index in [9.17, 15) is 18.8 Å². The predicted molar refractivity (Wildman–Crippen MR) is 73.1 cm³/mol. The highest BCUT2D eigenvalue weighted by Gasteiger charge is 2.13. The molecule has 7 nitrogen and oxygen atoms in total. The molecule has 0 saturated carbocycles. The molecule has 1 aromatic carbocycles. The van der Waals surface area contributed by atoms with Gasteiger partial charge >= 0.3 is 5.91 Å². The summed E-state index contributed by atoms with van der Waals surface area (Å²) in [5.41, 5.74) is 4.02. The van der Waals surface area contributed by atoms with Crippen molar-refractivity contribution in [2.45, 2.75) is 0 Å². The molecular formula is C14H12FN3O4. The average molecular weight is 305 g/mol. The molecule has 0 unspecified atom stereocenters. The van der Waals surface area contributed by atoms with Crippen molar-refractivity contribution in [1.82, 2.24) is 16.2 Å². The van der Waals surface area contributed by atoms with Crippen molar-refractivity contribution in [3.05, 3.63) is 59.8 Å². The van der Waals surface area contributed by atoms with Crippen molar-refractivity contribution >= 4 is 17.7 Å². The average Bonchev–Trinajstić information content (AvgIpc) is 3.05. The van der Waals surface area contributed by atoms with Crippen LogP contribution in [0.5, 0.6) is 0 Å². The Labute approximate surface area is 124 Å². The molecule has 3 amide bonds. The Hall–Kier alpha value is -3.16. The lowest BCUT2D eigenvalue weighted by atomic mass is 10.2. The lowest BCUT2D eigenvalue weighted by molar-refractivity contribution is -0.120. The minimum absolute atomic E-state index is 0.0238. The third-order valence-corrected chi connectivity index (χ3v) is 2.59. The zero-order valence-corrected chi connectivity index (χ0v) is 11.3. The van der Waals surface area contributed by atoms with Gasteiger partial charge in [-0.2, -0.15) is 0 Å². The summed E-state index contributed by atoms with van der Waals surface area (Å²) in [5, 5.41) is 2.23. The molecule has 3 N–H and O–H groups in total. The summed E-state index contributed by atoms with van der Waals surface area (Å²) in [6, 6.07) is 8.32. The van der Waals surface area contributed by atoms with Crippen LogP contribution in [-0.2, 0) is 4.79 Å². The predicted octanol–water partition coefficient (Wildman–Crippen LogP) is 0.610. The van der Waals surface area contributed by atoms with Gasteiger partial charge in [-0.3, -0.25) is 25.2 Å². The van der Waals surface area contributed by atoms with Crippen molar-refractivity contribution in [3.63, 3.8) is 0 Å². The summed E-state index contributed by atoms with van der Waals surface area (Å²) in [7, 11) is 0. The molecule has 1 heterocycles. The molecule has 8 heteroatoms. The summed E-state index contributed by atoms with van der Waals surface area (Å²) < 4.78 is 18.2. The van der Waals surface area contributed by atoms with E-state index in [2.05, 4.69) is 16.2 Å². The van der Waals surface area contributed by atoms with Crippen LogP contribution in [0, 0.1) is 5.82 Å². The first-order valence-corrected chi connectivity index (χ1v) is 6.23. The van der Waals surface area contributed by atoms with Gasteiger partial charge in [0.1, 0.15) is 5.82 Å². The molecule has 0 radical (unpaired) electrons. The largest absolute Gasteiger partial charge is 0.459 e. The van der Waals surface area contributed by atoms with Crippen LogP contribution in [0.1, 0.15) is 20.9 Å². The second-order valence-electron chi connectivity index (χ2n) is 4.14. The molecule has 22 heavy (non-hydrogen) atoms. The van der Waals surface area contributed by atoms with Gasteiger partial charge in [0.05, 0.1) is 18.4 Å². The van der Waals surface area contributed by atoms with Crippen molar-refractivity contribution in [1.29, 1.82) is 0 Å². The molecule has 0 spiro atoms. The summed E-state index contributed by atoms with van der Waals surface area (Å²) in [6.45, 7) is -0.425. The number of hydrogen-bond acceptors (Lipinski definition) is 4. The number of halogens is 1. The molecule has 114 valence electrons. The zero-order valence-electron chi connectivity index (χ0n) is 11.3. The Bertz CT molecular complexity index is 685. The van der Waals surface area contributed by atoms with E-state index in [0.717, 1.165) is 6.07 Å². The Kier molecular flexibility index (Phi) is 4.86. The number of hydrogen-bond donors (Lipinski definition) is 3. The van der Waals surface area contributed by atoms with Crippen LogP contribution in [0.15, 0.2) is 47.1 Å². The maximum absolute atomic E-state index is 13.3. The molecule has 2 rings (SSSR count). The highest BCUT2D eigenvalue weighted by atomic mass is 19.1. The smallest absolute Gasteiger partial charge is 0.305 e. The third kappa shape index (κ3) is 3.92. The van der Waals surface area contributed by atoms with Crippen LogP contribution in [0.3, 0.4) is 0 Å². The number of benzene rings is 1. The molecule has 0 aliphatic carbocycles. The number of furan rings is 1. The van der Waals surface area contributed by atoms with Gasteiger partial charge in [-0.05, 0) is 24.3 Å². The topological polar surface area (TPSA) is 100 Å². The fourth-order valence-corrected chi connectivity index (χ4v) is 1.54. The van der Waals surface area contributed by atoms with Gasteiger partial charge in [-0.15, -0.1) is 0 Å². The maximum Gasteiger partial charge on any atom is 0.305 e. The normalized spacial score (nSPS) is 9.86. The molecule has 0 saturated heterocycles. The van der Waals surface area contributed by atoms with Gasteiger partial charge < -0.3 is 9.73 Å². The van der Waals surface area contributed by atoms with Crippen LogP contribution < -0.4 is 16.2 Å².